The van der Waals surface area contributed by atoms with Gasteiger partial charge >= 0.3 is 0 Å². The first kappa shape index (κ1) is 11.7. The van der Waals surface area contributed by atoms with E-state index in [4.69, 9.17) is 0 Å². The summed E-state index contributed by atoms with van der Waals surface area (Å²) in [7, 11) is 0. The maximum atomic E-state index is 4.57. The molecule has 0 radical (unpaired) electrons. The van der Waals surface area contributed by atoms with Crippen molar-refractivity contribution in [3.8, 4) is 0 Å². The van der Waals surface area contributed by atoms with Crippen LogP contribution in [-0.4, -0.2) is 19.7 Å². The lowest BCUT2D eigenvalue weighted by Crippen LogP contribution is -2.02. The third kappa shape index (κ3) is 2.29. The number of hydrogen-bond acceptors (Lipinski definition) is 2. The maximum absolute atomic E-state index is 4.57. The summed E-state index contributed by atoms with van der Waals surface area (Å²) in [5, 5.41) is 4.31. The Balaban J connectivity index is 1.92. The lowest BCUT2D eigenvalue weighted by atomic mass is 10.2. The van der Waals surface area contributed by atoms with E-state index in [0.29, 0.717) is 6.04 Å². The molecule has 4 heteroatoms. The summed E-state index contributed by atoms with van der Waals surface area (Å²) in [5.41, 5.74) is 3.04. The predicted octanol–water partition coefficient (Wildman–Crippen LogP) is 3.51. The molecule has 0 aliphatic heterocycles. The van der Waals surface area contributed by atoms with E-state index < -0.39 is 0 Å². The van der Waals surface area contributed by atoms with Crippen molar-refractivity contribution in [3.63, 3.8) is 0 Å². The lowest BCUT2D eigenvalue weighted by molar-refractivity contribution is 0.546. The predicted molar refractivity (Wildman–Crippen MR) is 77.6 cm³/mol. The van der Waals surface area contributed by atoms with Gasteiger partial charge in [0.1, 0.15) is 11.3 Å². The molecule has 0 aliphatic rings. The number of rotatable bonds is 3. The van der Waals surface area contributed by atoms with E-state index >= 15 is 0 Å². The topological polar surface area (TPSA) is 46.5 Å². The Hall–Kier alpha value is -2.36. The van der Waals surface area contributed by atoms with Crippen molar-refractivity contribution in [1.29, 1.82) is 0 Å². The van der Waals surface area contributed by atoms with Gasteiger partial charge in [-0.2, -0.15) is 5.10 Å². The fourth-order valence-corrected chi connectivity index (χ4v) is 2.03. The van der Waals surface area contributed by atoms with Gasteiger partial charge in [-0.05, 0) is 25.5 Å². The van der Waals surface area contributed by atoms with Crippen molar-refractivity contribution in [1.82, 2.24) is 19.7 Å². The number of aromatic amines is 1. The molecule has 96 valence electrons. The van der Waals surface area contributed by atoms with Crippen LogP contribution in [0.15, 0.2) is 36.5 Å². The highest BCUT2D eigenvalue weighted by atomic mass is 15.3. The quantitative estimate of drug-likeness (QED) is 0.775. The van der Waals surface area contributed by atoms with Crippen LogP contribution in [0.4, 0.5) is 0 Å². The Morgan fingerprint density at radius 1 is 1.16 bits per heavy atom. The molecule has 2 aromatic heterocycles. The van der Waals surface area contributed by atoms with Crippen LogP contribution in [0.5, 0.6) is 0 Å². The molecule has 1 aromatic carbocycles. The molecular formula is C15H16N4. The molecule has 1 N–H and O–H groups in total. The number of H-pyrrole nitrogens is 1. The molecule has 0 atom stereocenters. The van der Waals surface area contributed by atoms with Gasteiger partial charge in [0.05, 0.1) is 6.20 Å². The van der Waals surface area contributed by atoms with Crippen LogP contribution < -0.4 is 0 Å². The standard InChI is InChI=1S/C15H16N4/c1-11(2)19-15-13(10-16-19)17-14(18-15)9-8-12-6-4-3-5-7-12/h3-11H,1-2H3,(H,17,18)/b9-8+. The molecule has 0 saturated heterocycles. The number of hydrogen-bond donors (Lipinski definition) is 1. The van der Waals surface area contributed by atoms with E-state index in [1.807, 2.05) is 41.2 Å². The number of fused-ring (bicyclic) bond motifs is 1. The third-order valence-electron chi connectivity index (χ3n) is 2.98. The van der Waals surface area contributed by atoms with E-state index in [1.54, 1.807) is 0 Å². The fourth-order valence-electron chi connectivity index (χ4n) is 2.03. The van der Waals surface area contributed by atoms with Gasteiger partial charge in [0.25, 0.3) is 0 Å². The van der Waals surface area contributed by atoms with E-state index in [1.165, 1.54) is 0 Å². The second kappa shape index (κ2) is 4.72. The van der Waals surface area contributed by atoms with Crippen molar-refractivity contribution < 1.29 is 0 Å². The first-order valence-corrected chi connectivity index (χ1v) is 6.40. The van der Waals surface area contributed by atoms with E-state index in [2.05, 4.69) is 41.0 Å². The Bertz CT molecular complexity index is 704. The van der Waals surface area contributed by atoms with Crippen LogP contribution in [0.3, 0.4) is 0 Å². The molecule has 0 fully saturated rings. The summed E-state index contributed by atoms with van der Waals surface area (Å²) in [6.07, 6.45) is 5.85. The van der Waals surface area contributed by atoms with Crippen molar-refractivity contribution in [3.05, 3.63) is 47.9 Å². The molecule has 0 bridgehead atoms. The Kier molecular flexibility index (Phi) is 2.91. The number of benzene rings is 1. The molecule has 0 amide bonds. The molecule has 0 unspecified atom stereocenters. The second-order valence-corrected chi connectivity index (χ2v) is 4.79. The minimum atomic E-state index is 0.312. The highest BCUT2D eigenvalue weighted by Gasteiger charge is 2.09. The summed E-state index contributed by atoms with van der Waals surface area (Å²) in [6.45, 7) is 4.20. The van der Waals surface area contributed by atoms with Crippen molar-refractivity contribution in [2.45, 2.75) is 19.9 Å². The van der Waals surface area contributed by atoms with Crippen LogP contribution >= 0.6 is 0 Å². The SMILES string of the molecule is CC(C)n1ncc2[nH]c(/C=C/c3ccccc3)nc21. The van der Waals surface area contributed by atoms with Gasteiger partial charge in [-0.15, -0.1) is 0 Å². The Morgan fingerprint density at radius 3 is 2.68 bits per heavy atom. The van der Waals surface area contributed by atoms with Gasteiger partial charge in [0.2, 0.25) is 0 Å². The largest absolute Gasteiger partial charge is 0.336 e. The molecule has 3 rings (SSSR count). The van der Waals surface area contributed by atoms with Crippen LogP contribution in [0.2, 0.25) is 0 Å². The molecule has 2 heterocycles. The first-order valence-electron chi connectivity index (χ1n) is 6.40. The minimum absolute atomic E-state index is 0.312. The van der Waals surface area contributed by atoms with Gasteiger partial charge in [0.15, 0.2) is 5.65 Å². The average molecular weight is 252 g/mol. The second-order valence-electron chi connectivity index (χ2n) is 4.79. The van der Waals surface area contributed by atoms with Crippen LogP contribution in [-0.2, 0) is 0 Å². The molecule has 19 heavy (non-hydrogen) atoms. The van der Waals surface area contributed by atoms with Gasteiger partial charge in [0, 0.05) is 6.04 Å². The minimum Gasteiger partial charge on any atom is -0.336 e. The Morgan fingerprint density at radius 2 is 1.95 bits per heavy atom. The monoisotopic (exact) mass is 252 g/mol. The van der Waals surface area contributed by atoms with Crippen LogP contribution in [0.1, 0.15) is 31.3 Å². The maximum Gasteiger partial charge on any atom is 0.176 e. The molecule has 0 spiro atoms. The number of nitrogens with one attached hydrogen (secondary N) is 1. The van der Waals surface area contributed by atoms with Crippen LogP contribution in [0, 0.1) is 0 Å². The molecule has 0 aliphatic carbocycles. The number of imidazole rings is 1. The van der Waals surface area contributed by atoms with Crippen molar-refractivity contribution in [2.75, 3.05) is 0 Å². The summed E-state index contributed by atoms with van der Waals surface area (Å²) >= 11 is 0. The summed E-state index contributed by atoms with van der Waals surface area (Å²) in [6, 6.07) is 10.5. The summed E-state index contributed by atoms with van der Waals surface area (Å²) < 4.78 is 1.92. The zero-order valence-electron chi connectivity index (χ0n) is 11.0. The lowest BCUT2D eigenvalue weighted by Gasteiger charge is -2.03. The zero-order chi connectivity index (χ0) is 13.2. The van der Waals surface area contributed by atoms with Gasteiger partial charge in [-0.1, -0.05) is 36.4 Å². The van der Waals surface area contributed by atoms with E-state index in [0.717, 1.165) is 22.6 Å². The summed E-state index contributed by atoms with van der Waals surface area (Å²) in [4.78, 5) is 7.83. The highest BCUT2D eigenvalue weighted by molar-refractivity contribution is 5.75. The zero-order valence-corrected chi connectivity index (χ0v) is 11.0. The van der Waals surface area contributed by atoms with Gasteiger partial charge < -0.3 is 4.98 Å². The number of aromatic nitrogens is 4. The normalized spacial score (nSPS) is 11.9. The van der Waals surface area contributed by atoms with Crippen molar-refractivity contribution in [2.24, 2.45) is 0 Å². The molecule has 0 saturated carbocycles. The molecule has 4 nitrogen and oxygen atoms in total. The average Bonchev–Trinajstić information content (AvgIpc) is 2.96. The van der Waals surface area contributed by atoms with E-state index in [-0.39, 0.29) is 0 Å². The molecule has 3 aromatic rings. The fraction of sp³-hybridized carbons (Fsp3) is 0.200. The van der Waals surface area contributed by atoms with Crippen LogP contribution in [0.25, 0.3) is 23.3 Å². The highest BCUT2D eigenvalue weighted by Crippen LogP contribution is 2.16. The number of nitrogens with zero attached hydrogens (tertiary/aromatic N) is 3. The van der Waals surface area contributed by atoms with Gasteiger partial charge in [-0.25, -0.2) is 9.67 Å². The third-order valence-corrected chi connectivity index (χ3v) is 2.98. The molecular weight excluding hydrogens is 236 g/mol. The van der Waals surface area contributed by atoms with Gasteiger partial charge in [-0.3, -0.25) is 0 Å². The summed E-state index contributed by atoms with van der Waals surface area (Å²) in [5.74, 6) is 0.852. The first-order chi connectivity index (χ1) is 9.24. The smallest absolute Gasteiger partial charge is 0.176 e. The Labute approximate surface area is 111 Å². The van der Waals surface area contributed by atoms with E-state index in [9.17, 15) is 0 Å². The van der Waals surface area contributed by atoms with Crippen molar-refractivity contribution >= 4 is 23.3 Å².